The fourth-order valence-corrected chi connectivity index (χ4v) is 3.88. The number of pyridine rings is 2. The summed E-state index contributed by atoms with van der Waals surface area (Å²) in [6.45, 7) is 3.79. The molecule has 4 rings (SSSR count). The number of anilines is 1. The molecule has 34 heavy (non-hydrogen) atoms. The van der Waals surface area contributed by atoms with Gasteiger partial charge in [-0.3, -0.25) is 10.3 Å². The molecule has 0 fully saturated rings. The Hall–Kier alpha value is -4.07. The van der Waals surface area contributed by atoms with Gasteiger partial charge >= 0.3 is 18.0 Å². The number of aromatic amines is 1. The van der Waals surface area contributed by atoms with Crippen molar-refractivity contribution in [3.8, 4) is 33.2 Å². The molecule has 0 bridgehead atoms. The van der Waals surface area contributed by atoms with Crippen molar-refractivity contribution in [3.63, 3.8) is 0 Å². The lowest BCUT2D eigenvalue weighted by Gasteiger charge is -2.12. The van der Waals surface area contributed by atoms with Crippen molar-refractivity contribution in [2.45, 2.75) is 20.0 Å². The Labute approximate surface area is 193 Å². The fourth-order valence-electron chi connectivity index (χ4n) is 3.02. The van der Waals surface area contributed by atoms with Crippen LogP contribution in [0.25, 0.3) is 33.2 Å². The Morgan fingerprint density at radius 2 is 1.97 bits per heavy atom. The minimum absolute atomic E-state index is 0.00879. The van der Waals surface area contributed by atoms with E-state index in [9.17, 15) is 22.8 Å². The minimum Gasteiger partial charge on any atom is -0.388 e. The summed E-state index contributed by atoms with van der Waals surface area (Å²) >= 11 is 0.798. The normalized spacial score (nSPS) is 11.4. The number of carbonyl (C=O) groups is 1. The molecular formula is C20H16F3N7O3S. The number of urea groups is 1. The van der Waals surface area contributed by atoms with Crippen molar-refractivity contribution >= 4 is 23.2 Å². The van der Waals surface area contributed by atoms with E-state index in [4.69, 9.17) is 4.42 Å². The average Bonchev–Trinajstić information content (AvgIpc) is 3.44. The van der Waals surface area contributed by atoms with E-state index in [2.05, 4.69) is 35.8 Å². The molecule has 0 unspecified atom stereocenters. The predicted molar refractivity (Wildman–Crippen MR) is 117 cm³/mol. The number of thiazole rings is 1. The highest BCUT2D eigenvalue weighted by Crippen LogP contribution is 2.39. The Morgan fingerprint density at radius 1 is 1.18 bits per heavy atom. The molecule has 4 aromatic rings. The molecule has 14 heteroatoms. The van der Waals surface area contributed by atoms with Crippen LogP contribution in [0, 0.1) is 6.92 Å². The van der Waals surface area contributed by atoms with Gasteiger partial charge in [0.2, 0.25) is 0 Å². The van der Waals surface area contributed by atoms with Crippen LogP contribution >= 0.6 is 11.3 Å². The summed E-state index contributed by atoms with van der Waals surface area (Å²) in [6, 6.07) is 2.53. The van der Waals surface area contributed by atoms with Gasteiger partial charge in [-0.25, -0.2) is 24.7 Å². The number of carbonyl (C=O) groups excluding carboxylic acids is 1. The van der Waals surface area contributed by atoms with E-state index in [1.807, 2.05) is 0 Å². The average molecular weight is 491 g/mol. The second-order valence-corrected chi connectivity index (χ2v) is 7.77. The number of nitrogens with zero attached hydrogens (tertiary/aromatic N) is 4. The minimum atomic E-state index is -4.61. The predicted octanol–water partition coefficient (Wildman–Crippen LogP) is 4.08. The van der Waals surface area contributed by atoms with Crippen LogP contribution in [0.4, 0.5) is 23.8 Å². The van der Waals surface area contributed by atoms with Crippen LogP contribution in [-0.2, 0) is 6.18 Å². The third-order valence-electron chi connectivity index (χ3n) is 4.57. The van der Waals surface area contributed by atoms with Gasteiger partial charge in [0.05, 0.1) is 5.56 Å². The van der Waals surface area contributed by atoms with Crippen molar-refractivity contribution in [2.75, 3.05) is 11.9 Å². The summed E-state index contributed by atoms with van der Waals surface area (Å²) in [5.41, 5.74) is 1.04. The number of hydrogen-bond donors (Lipinski definition) is 3. The van der Waals surface area contributed by atoms with Gasteiger partial charge in [-0.05, 0) is 26.0 Å². The molecule has 0 saturated heterocycles. The Kier molecular flexibility index (Phi) is 6.15. The molecule has 10 nitrogen and oxygen atoms in total. The standard InChI is InChI=1S/C20H16F3N7O3S/c1-3-24-18(31)28-15-5-12(17-27-14(8-34-17)20(21,22)23)13(7-26-15)10-4-11(9(2)25-6-10)16-29-30-19(32)33-16/h4-8H,3H2,1-2H3,(H,30,32)(H2,24,26,28,31). The van der Waals surface area contributed by atoms with Crippen molar-refractivity contribution < 1.29 is 22.4 Å². The van der Waals surface area contributed by atoms with Crippen molar-refractivity contribution in [3.05, 3.63) is 51.8 Å². The lowest BCUT2D eigenvalue weighted by molar-refractivity contribution is -0.140. The Balaban J connectivity index is 1.84. The van der Waals surface area contributed by atoms with Gasteiger partial charge < -0.3 is 9.73 Å². The topological polar surface area (TPSA) is 139 Å². The van der Waals surface area contributed by atoms with E-state index in [0.29, 0.717) is 34.5 Å². The van der Waals surface area contributed by atoms with Gasteiger partial charge in [-0.15, -0.1) is 16.4 Å². The summed E-state index contributed by atoms with van der Waals surface area (Å²) < 4.78 is 44.5. The Bertz CT molecular complexity index is 1410. The molecule has 0 aliphatic carbocycles. The van der Waals surface area contributed by atoms with Gasteiger partial charge in [-0.2, -0.15) is 13.2 Å². The van der Waals surface area contributed by atoms with E-state index < -0.39 is 23.7 Å². The highest BCUT2D eigenvalue weighted by molar-refractivity contribution is 7.13. The van der Waals surface area contributed by atoms with Crippen molar-refractivity contribution in [1.29, 1.82) is 0 Å². The third-order valence-corrected chi connectivity index (χ3v) is 5.45. The second kappa shape index (κ2) is 9.05. The smallest absolute Gasteiger partial charge is 0.388 e. The number of aryl methyl sites for hydroxylation is 1. The summed E-state index contributed by atoms with van der Waals surface area (Å²) in [4.78, 5) is 35.5. The molecule has 2 amide bonds. The number of nitrogens with one attached hydrogen (secondary N) is 3. The van der Waals surface area contributed by atoms with Crippen LogP contribution in [0.1, 0.15) is 18.3 Å². The maximum absolute atomic E-state index is 13.2. The Morgan fingerprint density at radius 3 is 2.62 bits per heavy atom. The zero-order chi connectivity index (χ0) is 24.5. The second-order valence-electron chi connectivity index (χ2n) is 6.91. The first-order chi connectivity index (χ1) is 16.2. The number of rotatable bonds is 5. The lowest BCUT2D eigenvalue weighted by atomic mass is 10.0. The van der Waals surface area contributed by atoms with Gasteiger partial charge in [0.1, 0.15) is 10.8 Å². The molecule has 0 atom stereocenters. The van der Waals surface area contributed by atoms with Gasteiger partial charge in [-0.1, -0.05) is 0 Å². The molecule has 0 radical (unpaired) electrons. The quantitative estimate of drug-likeness (QED) is 0.382. The SMILES string of the molecule is CCNC(=O)Nc1cc(-c2nc(C(F)(F)F)cs2)c(-c2cnc(C)c(-c3n[nH]c(=O)o3)c2)cn1. The van der Waals surface area contributed by atoms with Crippen LogP contribution in [0.5, 0.6) is 0 Å². The van der Waals surface area contributed by atoms with Crippen LogP contribution in [-0.4, -0.2) is 37.7 Å². The number of alkyl halides is 3. The maximum atomic E-state index is 13.2. The first kappa shape index (κ1) is 23.1. The first-order valence-electron chi connectivity index (χ1n) is 9.76. The summed E-state index contributed by atoms with van der Waals surface area (Å²) in [6.07, 6.45) is -1.72. The van der Waals surface area contributed by atoms with E-state index in [1.165, 1.54) is 18.5 Å². The molecule has 0 aliphatic heterocycles. The molecule has 0 aromatic carbocycles. The van der Waals surface area contributed by atoms with Gasteiger partial charge in [0.15, 0.2) is 5.69 Å². The number of aromatic nitrogens is 5. The monoisotopic (exact) mass is 491 g/mol. The van der Waals surface area contributed by atoms with Gasteiger partial charge in [0.25, 0.3) is 5.89 Å². The van der Waals surface area contributed by atoms with E-state index in [0.717, 1.165) is 16.7 Å². The molecule has 176 valence electrons. The molecular weight excluding hydrogens is 475 g/mol. The number of hydrogen-bond acceptors (Lipinski definition) is 8. The summed E-state index contributed by atoms with van der Waals surface area (Å²) in [7, 11) is 0. The highest BCUT2D eigenvalue weighted by Gasteiger charge is 2.34. The lowest BCUT2D eigenvalue weighted by Crippen LogP contribution is -2.28. The zero-order valence-corrected chi connectivity index (χ0v) is 18.5. The molecule has 3 N–H and O–H groups in total. The van der Waals surface area contributed by atoms with E-state index >= 15 is 0 Å². The largest absolute Gasteiger partial charge is 0.434 e. The van der Waals surface area contributed by atoms with Crippen molar-refractivity contribution in [1.82, 2.24) is 30.5 Å². The third kappa shape index (κ3) is 4.80. The first-order valence-corrected chi connectivity index (χ1v) is 10.6. The fraction of sp³-hybridized carbons (Fsp3) is 0.200. The summed E-state index contributed by atoms with van der Waals surface area (Å²) in [5, 5.41) is 12.0. The number of halogens is 3. The molecule has 0 saturated carbocycles. The van der Waals surface area contributed by atoms with E-state index in [-0.39, 0.29) is 16.7 Å². The van der Waals surface area contributed by atoms with Crippen LogP contribution in [0.3, 0.4) is 0 Å². The van der Waals surface area contributed by atoms with Gasteiger partial charge in [0, 0.05) is 46.7 Å². The highest BCUT2D eigenvalue weighted by atomic mass is 32.1. The van der Waals surface area contributed by atoms with Crippen molar-refractivity contribution in [2.24, 2.45) is 0 Å². The number of H-pyrrole nitrogens is 1. The van der Waals surface area contributed by atoms with E-state index in [1.54, 1.807) is 19.9 Å². The zero-order valence-electron chi connectivity index (χ0n) is 17.6. The molecule has 4 heterocycles. The van der Waals surface area contributed by atoms with Crippen LogP contribution in [0.15, 0.2) is 39.1 Å². The molecule has 0 aliphatic rings. The maximum Gasteiger partial charge on any atom is 0.434 e. The number of amides is 2. The van der Waals surface area contributed by atoms with Crippen LogP contribution in [0.2, 0.25) is 0 Å². The molecule has 4 aromatic heterocycles. The van der Waals surface area contributed by atoms with Crippen LogP contribution < -0.4 is 16.4 Å². The summed E-state index contributed by atoms with van der Waals surface area (Å²) in [5.74, 6) is -0.619. The molecule has 0 spiro atoms.